The molecule has 0 aliphatic rings. The minimum Gasteiger partial charge on any atom is -0.382 e. The average Bonchev–Trinajstić information content (AvgIpc) is 2.54. The van der Waals surface area contributed by atoms with E-state index in [-0.39, 0.29) is 0 Å². The molecule has 0 atom stereocenters. The van der Waals surface area contributed by atoms with Crippen molar-refractivity contribution in [3.63, 3.8) is 0 Å². The molecule has 110 valence electrons. The van der Waals surface area contributed by atoms with Gasteiger partial charge < -0.3 is 5.32 Å². The van der Waals surface area contributed by atoms with Crippen molar-refractivity contribution in [2.45, 2.75) is 25.7 Å². The van der Waals surface area contributed by atoms with Gasteiger partial charge in [0.05, 0.1) is 11.2 Å². The van der Waals surface area contributed by atoms with E-state index >= 15 is 0 Å². The first kappa shape index (κ1) is 15.6. The molecule has 2 aromatic rings. The minimum absolute atomic E-state index is 0.371. The summed E-state index contributed by atoms with van der Waals surface area (Å²) < 4.78 is 0. The van der Waals surface area contributed by atoms with E-state index < -0.39 is 0 Å². The Kier molecular flexibility index (Phi) is 6.29. The standard InChI is InChI=1S/C16H20N4S/c1-21-11-7-3-2-6-10-18-16-13-8-4-5-9-14(13)19-20-15(16)12-17/h4-5,8-9H,2-3,6-7,10-11H2,1H3,(H,18,19). The molecule has 1 N–H and O–H groups in total. The van der Waals surface area contributed by atoms with E-state index in [4.69, 9.17) is 0 Å². The monoisotopic (exact) mass is 300 g/mol. The number of thioether (sulfide) groups is 1. The van der Waals surface area contributed by atoms with Crippen LogP contribution in [-0.2, 0) is 0 Å². The molecule has 0 saturated carbocycles. The van der Waals surface area contributed by atoms with Gasteiger partial charge in [-0.15, -0.1) is 10.2 Å². The number of anilines is 1. The zero-order chi connectivity index (χ0) is 14.9. The lowest BCUT2D eigenvalue weighted by molar-refractivity contribution is 0.689. The summed E-state index contributed by atoms with van der Waals surface area (Å²) in [5.41, 5.74) is 2.00. The molecule has 0 radical (unpaired) electrons. The fraction of sp³-hybridized carbons (Fsp3) is 0.438. The van der Waals surface area contributed by atoms with E-state index in [0.717, 1.165) is 29.6 Å². The Labute approximate surface area is 130 Å². The number of fused-ring (bicyclic) bond motifs is 1. The fourth-order valence-electron chi connectivity index (χ4n) is 2.25. The van der Waals surface area contributed by atoms with Gasteiger partial charge >= 0.3 is 0 Å². The van der Waals surface area contributed by atoms with Crippen molar-refractivity contribution in [2.75, 3.05) is 23.9 Å². The third-order valence-corrected chi connectivity index (χ3v) is 4.05. The Morgan fingerprint density at radius 1 is 1.14 bits per heavy atom. The van der Waals surface area contributed by atoms with Crippen LogP contribution in [0.3, 0.4) is 0 Å². The number of benzene rings is 1. The molecule has 0 spiro atoms. The van der Waals surface area contributed by atoms with Gasteiger partial charge in [0.25, 0.3) is 0 Å². The summed E-state index contributed by atoms with van der Waals surface area (Å²) >= 11 is 1.90. The van der Waals surface area contributed by atoms with Gasteiger partial charge in [0.1, 0.15) is 6.07 Å². The summed E-state index contributed by atoms with van der Waals surface area (Å²) in [7, 11) is 0. The van der Waals surface area contributed by atoms with Crippen molar-refractivity contribution in [1.82, 2.24) is 10.2 Å². The summed E-state index contributed by atoms with van der Waals surface area (Å²) in [5, 5.41) is 21.6. The fourth-order valence-corrected chi connectivity index (χ4v) is 2.74. The highest BCUT2D eigenvalue weighted by molar-refractivity contribution is 7.98. The number of aromatic nitrogens is 2. The van der Waals surface area contributed by atoms with Gasteiger partial charge in [0.15, 0.2) is 5.69 Å². The number of rotatable bonds is 8. The predicted octanol–water partition coefficient (Wildman–Crippen LogP) is 3.84. The molecule has 0 unspecified atom stereocenters. The van der Waals surface area contributed by atoms with E-state index in [1.54, 1.807) is 0 Å². The Morgan fingerprint density at radius 3 is 2.76 bits per heavy atom. The molecule has 0 amide bonds. The van der Waals surface area contributed by atoms with E-state index in [1.165, 1.54) is 25.0 Å². The predicted molar refractivity (Wildman–Crippen MR) is 89.6 cm³/mol. The molecule has 0 saturated heterocycles. The van der Waals surface area contributed by atoms with Crippen LogP contribution in [0.1, 0.15) is 31.4 Å². The number of unbranched alkanes of at least 4 members (excludes halogenated alkanes) is 3. The highest BCUT2D eigenvalue weighted by Gasteiger charge is 2.09. The molecular weight excluding hydrogens is 280 g/mol. The maximum atomic E-state index is 9.18. The maximum Gasteiger partial charge on any atom is 0.186 e. The average molecular weight is 300 g/mol. The summed E-state index contributed by atoms with van der Waals surface area (Å²) in [4.78, 5) is 0. The number of hydrogen-bond acceptors (Lipinski definition) is 5. The van der Waals surface area contributed by atoms with Gasteiger partial charge in [0, 0.05) is 11.9 Å². The maximum absolute atomic E-state index is 9.18. The molecule has 21 heavy (non-hydrogen) atoms. The molecule has 4 nitrogen and oxygen atoms in total. The highest BCUT2D eigenvalue weighted by atomic mass is 32.2. The lowest BCUT2D eigenvalue weighted by Gasteiger charge is -2.10. The van der Waals surface area contributed by atoms with E-state index in [1.807, 2.05) is 36.0 Å². The van der Waals surface area contributed by atoms with Crippen LogP contribution in [0.15, 0.2) is 24.3 Å². The Bertz CT molecular complexity index is 621. The van der Waals surface area contributed by atoms with E-state index in [0.29, 0.717) is 5.69 Å². The van der Waals surface area contributed by atoms with E-state index in [2.05, 4.69) is 27.8 Å². The minimum atomic E-state index is 0.371. The van der Waals surface area contributed by atoms with Crippen LogP contribution >= 0.6 is 11.8 Å². The Morgan fingerprint density at radius 2 is 1.95 bits per heavy atom. The molecule has 0 aliphatic carbocycles. The SMILES string of the molecule is CSCCCCCCNc1c(C#N)nnc2ccccc12. The normalized spacial score (nSPS) is 10.5. The summed E-state index contributed by atoms with van der Waals surface area (Å²) in [6.07, 6.45) is 7.02. The lowest BCUT2D eigenvalue weighted by atomic mass is 10.1. The Hall–Kier alpha value is -1.80. The van der Waals surface area contributed by atoms with Crippen molar-refractivity contribution < 1.29 is 0 Å². The van der Waals surface area contributed by atoms with Crippen LogP contribution in [0.4, 0.5) is 5.69 Å². The van der Waals surface area contributed by atoms with Crippen LogP contribution in [0.2, 0.25) is 0 Å². The molecule has 0 fully saturated rings. The molecule has 0 aliphatic heterocycles. The quantitative estimate of drug-likeness (QED) is 0.751. The zero-order valence-corrected chi connectivity index (χ0v) is 13.1. The molecule has 5 heteroatoms. The first-order valence-corrected chi connectivity index (χ1v) is 8.64. The largest absolute Gasteiger partial charge is 0.382 e. The molecule has 1 aromatic heterocycles. The van der Waals surface area contributed by atoms with Gasteiger partial charge in [-0.2, -0.15) is 17.0 Å². The second-order valence-corrected chi connectivity index (χ2v) is 5.87. The second kappa shape index (κ2) is 8.48. The van der Waals surface area contributed by atoms with Gasteiger partial charge in [-0.05, 0) is 30.9 Å². The molecular formula is C16H20N4S. The van der Waals surface area contributed by atoms with Crippen LogP contribution in [0.25, 0.3) is 10.9 Å². The van der Waals surface area contributed by atoms with Gasteiger partial charge in [0.2, 0.25) is 0 Å². The van der Waals surface area contributed by atoms with Crippen molar-refractivity contribution in [3.05, 3.63) is 30.0 Å². The van der Waals surface area contributed by atoms with Crippen LogP contribution < -0.4 is 5.32 Å². The molecule has 1 heterocycles. The number of nitriles is 1. The lowest BCUT2D eigenvalue weighted by Crippen LogP contribution is -2.06. The molecule has 2 rings (SSSR count). The van der Waals surface area contributed by atoms with Crippen LogP contribution in [-0.4, -0.2) is 28.8 Å². The Balaban J connectivity index is 1.96. The van der Waals surface area contributed by atoms with Gasteiger partial charge in [-0.1, -0.05) is 31.0 Å². The first-order valence-electron chi connectivity index (χ1n) is 7.25. The summed E-state index contributed by atoms with van der Waals surface area (Å²) in [6.45, 7) is 0.865. The van der Waals surface area contributed by atoms with E-state index in [9.17, 15) is 5.26 Å². The third kappa shape index (κ3) is 4.33. The van der Waals surface area contributed by atoms with Crippen molar-refractivity contribution in [1.29, 1.82) is 5.26 Å². The van der Waals surface area contributed by atoms with Gasteiger partial charge in [-0.3, -0.25) is 0 Å². The number of hydrogen-bond donors (Lipinski definition) is 1. The second-order valence-electron chi connectivity index (χ2n) is 4.89. The van der Waals surface area contributed by atoms with Gasteiger partial charge in [-0.25, -0.2) is 0 Å². The van der Waals surface area contributed by atoms with Crippen molar-refractivity contribution in [3.8, 4) is 6.07 Å². The smallest absolute Gasteiger partial charge is 0.186 e. The number of nitrogens with one attached hydrogen (secondary N) is 1. The third-order valence-electron chi connectivity index (χ3n) is 3.35. The summed E-state index contributed by atoms with van der Waals surface area (Å²) in [5.74, 6) is 1.24. The van der Waals surface area contributed by atoms with Crippen molar-refractivity contribution >= 4 is 28.4 Å². The highest BCUT2D eigenvalue weighted by Crippen LogP contribution is 2.23. The number of nitrogens with zero attached hydrogens (tertiary/aromatic N) is 3. The van der Waals surface area contributed by atoms with Crippen LogP contribution in [0.5, 0.6) is 0 Å². The molecule has 0 bridgehead atoms. The topological polar surface area (TPSA) is 61.6 Å². The summed E-state index contributed by atoms with van der Waals surface area (Å²) in [6, 6.07) is 9.90. The first-order chi connectivity index (χ1) is 10.4. The van der Waals surface area contributed by atoms with Crippen LogP contribution in [0, 0.1) is 11.3 Å². The zero-order valence-electron chi connectivity index (χ0n) is 12.3. The molecule has 1 aromatic carbocycles. The van der Waals surface area contributed by atoms with Crippen molar-refractivity contribution in [2.24, 2.45) is 0 Å².